The second-order valence-corrected chi connectivity index (χ2v) is 3.69. The quantitative estimate of drug-likeness (QED) is 0.744. The Bertz CT molecular complexity index is 300. The predicted molar refractivity (Wildman–Crippen MR) is 47.0 cm³/mol. The molecule has 1 aromatic rings. The van der Waals surface area contributed by atoms with Gasteiger partial charge in [-0.25, -0.2) is 4.98 Å². The first kappa shape index (κ1) is 9.28. The Hall–Kier alpha value is -0.810. The van der Waals surface area contributed by atoms with Crippen molar-refractivity contribution < 1.29 is 9.53 Å². The summed E-state index contributed by atoms with van der Waals surface area (Å²) in [6.45, 7) is 1.41. The third-order valence-electron chi connectivity index (χ3n) is 1.08. The first-order valence-electron chi connectivity index (χ1n) is 3.13. The van der Waals surface area contributed by atoms with Gasteiger partial charge in [-0.2, -0.15) is 0 Å². The minimum atomic E-state index is -0.363. The molecule has 0 bridgehead atoms. The van der Waals surface area contributed by atoms with Gasteiger partial charge in [0, 0.05) is 6.92 Å². The number of ether oxygens (including phenoxy) is 1. The molecular formula is C6H7ClN2O2S. The van der Waals surface area contributed by atoms with E-state index < -0.39 is 0 Å². The topological polar surface area (TPSA) is 65.2 Å². The summed E-state index contributed by atoms with van der Waals surface area (Å²) < 4.78 is 5.15. The van der Waals surface area contributed by atoms with Gasteiger partial charge in [0.1, 0.15) is 16.6 Å². The second kappa shape index (κ2) is 3.73. The zero-order valence-corrected chi connectivity index (χ0v) is 7.91. The number of hydrogen-bond donors (Lipinski definition) is 1. The molecule has 12 heavy (non-hydrogen) atoms. The standard InChI is InChI=1S/C6H7ClN2O2S/c1-3(10)11-2-4-5(7)12-6(8)9-4/h2H2,1H3,(H2,8,9). The highest BCUT2D eigenvalue weighted by Gasteiger charge is 2.07. The Kier molecular flexibility index (Phi) is 2.88. The Morgan fingerprint density at radius 1 is 1.83 bits per heavy atom. The van der Waals surface area contributed by atoms with Crippen LogP contribution in [-0.4, -0.2) is 11.0 Å². The van der Waals surface area contributed by atoms with Crippen molar-refractivity contribution in [2.75, 3.05) is 5.73 Å². The zero-order valence-electron chi connectivity index (χ0n) is 6.33. The van der Waals surface area contributed by atoms with E-state index in [1.165, 1.54) is 6.92 Å². The Balaban J connectivity index is 2.62. The monoisotopic (exact) mass is 206 g/mol. The van der Waals surface area contributed by atoms with Crippen molar-refractivity contribution in [3.05, 3.63) is 10.0 Å². The van der Waals surface area contributed by atoms with E-state index in [2.05, 4.69) is 9.72 Å². The van der Waals surface area contributed by atoms with Gasteiger partial charge < -0.3 is 10.5 Å². The van der Waals surface area contributed by atoms with Crippen molar-refractivity contribution in [1.82, 2.24) is 4.98 Å². The van der Waals surface area contributed by atoms with Crippen molar-refractivity contribution >= 4 is 34.0 Å². The third kappa shape index (κ3) is 2.35. The number of thiazole rings is 1. The van der Waals surface area contributed by atoms with Crippen LogP contribution in [0.2, 0.25) is 4.34 Å². The Labute approximate surface area is 78.3 Å². The van der Waals surface area contributed by atoms with Gasteiger partial charge in [-0.3, -0.25) is 4.79 Å². The molecule has 0 atom stereocenters. The van der Waals surface area contributed by atoms with Crippen LogP contribution in [0.1, 0.15) is 12.6 Å². The molecule has 0 aliphatic carbocycles. The fraction of sp³-hybridized carbons (Fsp3) is 0.333. The molecule has 0 aliphatic heterocycles. The molecule has 0 saturated heterocycles. The Morgan fingerprint density at radius 3 is 2.92 bits per heavy atom. The van der Waals surface area contributed by atoms with Gasteiger partial charge in [0.25, 0.3) is 0 Å². The summed E-state index contributed by atoms with van der Waals surface area (Å²) in [5.41, 5.74) is 5.88. The van der Waals surface area contributed by atoms with Crippen LogP contribution in [0.4, 0.5) is 5.13 Å². The minimum absolute atomic E-state index is 0.0852. The average molecular weight is 207 g/mol. The molecule has 0 aliphatic rings. The zero-order chi connectivity index (χ0) is 9.14. The van der Waals surface area contributed by atoms with Crippen molar-refractivity contribution in [1.29, 1.82) is 0 Å². The van der Waals surface area contributed by atoms with Gasteiger partial charge in [0.15, 0.2) is 5.13 Å². The molecule has 0 radical (unpaired) electrons. The molecule has 0 unspecified atom stereocenters. The number of rotatable bonds is 2. The summed E-state index contributed by atoms with van der Waals surface area (Å²) in [5, 5.41) is 0.377. The lowest BCUT2D eigenvalue weighted by Gasteiger charge is -1.97. The summed E-state index contributed by atoms with van der Waals surface area (Å²) in [4.78, 5) is 14.3. The number of aromatic nitrogens is 1. The molecule has 6 heteroatoms. The van der Waals surface area contributed by atoms with Crippen LogP contribution in [0.5, 0.6) is 0 Å². The highest BCUT2D eigenvalue weighted by molar-refractivity contribution is 7.19. The molecule has 66 valence electrons. The summed E-state index contributed by atoms with van der Waals surface area (Å²) in [7, 11) is 0. The van der Waals surface area contributed by atoms with Gasteiger partial charge in [-0.15, -0.1) is 0 Å². The van der Waals surface area contributed by atoms with Gasteiger partial charge in [0.2, 0.25) is 0 Å². The van der Waals surface area contributed by atoms with Crippen LogP contribution in [0.25, 0.3) is 0 Å². The lowest BCUT2D eigenvalue weighted by atomic mass is 10.5. The molecule has 0 aromatic carbocycles. The number of hydrogen-bond acceptors (Lipinski definition) is 5. The highest BCUT2D eigenvalue weighted by Crippen LogP contribution is 2.26. The molecule has 2 N–H and O–H groups in total. The third-order valence-corrected chi connectivity index (χ3v) is 2.24. The first-order valence-corrected chi connectivity index (χ1v) is 4.33. The molecule has 0 amide bonds. The van der Waals surface area contributed by atoms with Crippen LogP contribution < -0.4 is 5.73 Å². The van der Waals surface area contributed by atoms with Crippen LogP contribution in [0, 0.1) is 0 Å². The lowest BCUT2D eigenvalue weighted by molar-refractivity contribution is -0.142. The maximum absolute atomic E-state index is 10.4. The summed E-state index contributed by atoms with van der Waals surface area (Å²) >= 11 is 6.87. The van der Waals surface area contributed by atoms with Crippen LogP contribution in [0.3, 0.4) is 0 Å². The first-order chi connectivity index (χ1) is 5.59. The van der Waals surface area contributed by atoms with Crippen molar-refractivity contribution in [3.63, 3.8) is 0 Å². The number of nitrogens with two attached hydrogens (primary N) is 1. The van der Waals surface area contributed by atoms with E-state index in [4.69, 9.17) is 17.3 Å². The van der Waals surface area contributed by atoms with Crippen molar-refractivity contribution in [2.24, 2.45) is 0 Å². The molecule has 1 rings (SSSR count). The maximum Gasteiger partial charge on any atom is 0.303 e. The predicted octanol–water partition coefficient (Wildman–Crippen LogP) is 1.44. The van der Waals surface area contributed by atoms with Crippen molar-refractivity contribution in [3.8, 4) is 0 Å². The van der Waals surface area contributed by atoms with Crippen LogP contribution in [0.15, 0.2) is 0 Å². The molecule has 4 nitrogen and oxygen atoms in total. The van der Waals surface area contributed by atoms with E-state index >= 15 is 0 Å². The number of carbonyl (C=O) groups is 1. The number of carbonyl (C=O) groups excluding carboxylic acids is 1. The van der Waals surface area contributed by atoms with Crippen molar-refractivity contribution in [2.45, 2.75) is 13.5 Å². The largest absolute Gasteiger partial charge is 0.459 e. The molecule has 1 heterocycles. The van der Waals surface area contributed by atoms with E-state index in [9.17, 15) is 4.79 Å². The van der Waals surface area contributed by atoms with E-state index in [0.717, 1.165) is 11.3 Å². The fourth-order valence-electron chi connectivity index (χ4n) is 0.610. The van der Waals surface area contributed by atoms with E-state index in [1.54, 1.807) is 0 Å². The average Bonchev–Trinajstić information content (AvgIpc) is 2.26. The van der Waals surface area contributed by atoms with Gasteiger partial charge in [-0.05, 0) is 0 Å². The fourth-order valence-corrected chi connectivity index (χ4v) is 1.51. The number of nitrogen functional groups attached to an aromatic ring is 1. The summed E-state index contributed by atoms with van der Waals surface area (Å²) in [6, 6.07) is 0. The van der Waals surface area contributed by atoms with E-state index in [0.29, 0.717) is 15.2 Å². The van der Waals surface area contributed by atoms with E-state index in [1.807, 2.05) is 0 Å². The smallest absolute Gasteiger partial charge is 0.303 e. The molecular weight excluding hydrogens is 200 g/mol. The molecule has 0 saturated carbocycles. The minimum Gasteiger partial charge on any atom is -0.459 e. The van der Waals surface area contributed by atoms with E-state index in [-0.39, 0.29) is 12.6 Å². The lowest BCUT2D eigenvalue weighted by Crippen LogP contribution is -1.99. The molecule has 0 fully saturated rings. The van der Waals surface area contributed by atoms with Gasteiger partial charge >= 0.3 is 5.97 Å². The van der Waals surface area contributed by atoms with Gasteiger partial charge in [-0.1, -0.05) is 22.9 Å². The highest BCUT2D eigenvalue weighted by atomic mass is 35.5. The van der Waals surface area contributed by atoms with Crippen LogP contribution >= 0.6 is 22.9 Å². The Morgan fingerprint density at radius 2 is 2.50 bits per heavy atom. The summed E-state index contributed by atoms with van der Waals surface area (Å²) in [6.07, 6.45) is 0. The van der Waals surface area contributed by atoms with Crippen LogP contribution in [-0.2, 0) is 16.1 Å². The summed E-state index contributed by atoms with van der Waals surface area (Å²) in [5.74, 6) is -0.363. The number of anilines is 1. The number of halogens is 1. The maximum atomic E-state index is 10.4. The SMILES string of the molecule is CC(=O)OCc1nc(N)sc1Cl. The van der Waals surface area contributed by atoms with Gasteiger partial charge in [0.05, 0.1) is 0 Å². The number of nitrogens with zero attached hydrogens (tertiary/aromatic N) is 1. The number of esters is 1. The molecule has 1 aromatic heterocycles. The molecule has 0 spiro atoms. The normalized spacial score (nSPS) is 9.83. The second-order valence-electron chi connectivity index (χ2n) is 2.05.